The van der Waals surface area contributed by atoms with E-state index in [-0.39, 0.29) is 22.8 Å². The summed E-state index contributed by atoms with van der Waals surface area (Å²) in [5.41, 5.74) is -1.60. The molecule has 13 heteroatoms. The molecule has 8 nitrogen and oxygen atoms in total. The van der Waals surface area contributed by atoms with Crippen molar-refractivity contribution in [3.05, 3.63) is 83.9 Å². The Bertz CT molecular complexity index is 1650. The monoisotopic (exact) mass is 611 g/mol. The first-order chi connectivity index (χ1) is 19.0. The molecule has 0 bridgehead atoms. The number of hydrogen-bond acceptors (Lipinski definition) is 7. The van der Waals surface area contributed by atoms with Crippen LogP contribution in [0.3, 0.4) is 0 Å². The first-order valence-corrected chi connectivity index (χ1v) is 15.5. The van der Waals surface area contributed by atoms with Gasteiger partial charge in [-0.2, -0.15) is 13.2 Å². The maximum Gasteiger partial charge on any atom is 0.416 e. The van der Waals surface area contributed by atoms with Crippen LogP contribution in [0.2, 0.25) is 0 Å². The second kappa shape index (κ2) is 11.0. The number of rotatable bonds is 7. The summed E-state index contributed by atoms with van der Waals surface area (Å²) in [5, 5.41) is 0. The number of esters is 1. The molecule has 220 valence electrons. The van der Waals surface area contributed by atoms with Gasteiger partial charge < -0.3 is 9.47 Å². The highest BCUT2D eigenvalue weighted by atomic mass is 32.2. The minimum atomic E-state index is -4.79. The highest BCUT2D eigenvalue weighted by Crippen LogP contribution is 2.39. The number of hydrogen-bond donors (Lipinski definition) is 0. The van der Waals surface area contributed by atoms with Crippen molar-refractivity contribution in [1.29, 1.82) is 0 Å². The smallest absolute Gasteiger partial charge is 0.416 e. The highest BCUT2D eigenvalue weighted by Gasteiger charge is 2.38. The number of anilines is 1. The number of alkyl halides is 3. The molecule has 0 unspecified atom stereocenters. The number of fused-ring (bicyclic) bond motifs is 1. The van der Waals surface area contributed by atoms with Gasteiger partial charge >= 0.3 is 12.1 Å². The van der Waals surface area contributed by atoms with E-state index in [4.69, 9.17) is 9.47 Å². The van der Waals surface area contributed by atoms with Crippen LogP contribution in [-0.2, 0) is 42.0 Å². The fourth-order valence-corrected chi connectivity index (χ4v) is 7.23. The molecule has 0 spiro atoms. The Labute approximate surface area is 236 Å². The van der Waals surface area contributed by atoms with Crippen LogP contribution in [0.5, 0.6) is 5.75 Å². The molecule has 0 aromatic heterocycles. The van der Waals surface area contributed by atoms with Gasteiger partial charge in [-0.15, -0.1) is 0 Å². The normalized spacial score (nSPS) is 16.0. The summed E-state index contributed by atoms with van der Waals surface area (Å²) in [5.74, 6) is -1.17. The fraction of sp³-hybridized carbons (Fsp3) is 0.321. The molecule has 41 heavy (non-hydrogen) atoms. The topological polar surface area (TPSA) is 107 Å². The lowest BCUT2D eigenvalue weighted by atomic mass is 10.1. The number of benzene rings is 3. The van der Waals surface area contributed by atoms with Crippen molar-refractivity contribution < 1.29 is 44.3 Å². The van der Waals surface area contributed by atoms with Gasteiger partial charge in [-0.05, 0) is 68.8 Å². The van der Waals surface area contributed by atoms with Gasteiger partial charge in [0.05, 0.1) is 39.8 Å². The molecule has 3 aromatic rings. The molecule has 1 atom stereocenters. The summed E-state index contributed by atoms with van der Waals surface area (Å²) in [4.78, 5) is 11.8. The number of sulfonamides is 1. The highest BCUT2D eigenvalue weighted by molar-refractivity contribution is 7.93. The van der Waals surface area contributed by atoms with Gasteiger partial charge in [0.25, 0.3) is 10.0 Å². The van der Waals surface area contributed by atoms with Gasteiger partial charge in [0.2, 0.25) is 0 Å². The zero-order chi connectivity index (χ0) is 30.2. The van der Waals surface area contributed by atoms with Crippen LogP contribution in [0.25, 0.3) is 0 Å². The number of nitrogens with zero attached hydrogens (tertiary/aromatic N) is 1. The molecule has 1 aliphatic rings. The number of carbonyl (C=O) groups is 1. The molecule has 0 amide bonds. The molecule has 0 saturated carbocycles. The molecular formula is C28H28F3NO7S2. The maximum atomic E-state index is 13.8. The summed E-state index contributed by atoms with van der Waals surface area (Å²) >= 11 is 0. The molecule has 4 rings (SSSR count). The van der Waals surface area contributed by atoms with Crippen molar-refractivity contribution in [2.24, 2.45) is 0 Å². The lowest BCUT2D eigenvalue weighted by Gasteiger charge is -2.35. The second-order valence-corrected chi connectivity index (χ2v) is 14.4. The van der Waals surface area contributed by atoms with Crippen LogP contribution in [0.4, 0.5) is 18.9 Å². The standard InChI is InChI=1S/C28H28F3NO7S2/c1-27(2,3)39-26(33)15-19-12-13-25-24(14-19)32(41(36,37)23-11-7-8-20(16-23)28(29,30)31)17-21(38-25)18-40(34,35)22-9-5-4-6-10-22/h4-14,16,21H,15,17-18H2,1-3H3/t21-/m1/s1. The Hall–Kier alpha value is -3.58. The Morgan fingerprint density at radius 3 is 2.22 bits per heavy atom. The van der Waals surface area contributed by atoms with Crippen molar-refractivity contribution in [1.82, 2.24) is 0 Å². The van der Waals surface area contributed by atoms with E-state index in [1.165, 1.54) is 30.3 Å². The van der Waals surface area contributed by atoms with Gasteiger partial charge in [0.15, 0.2) is 9.84 Å². The predicted molar refractivity (Wildman–Crippen MR) is 145 cm³/mol. The first kappa shape index (κ1) is 30.4. The Morgan fingerprint density at radius 1 is 0.927 bits per heavy atom. The molecule has 3 aromatic carbocycles. The molecule has 0 saturated heterocycles. The Balaban J connectivity index is 1.75. The lowest BCUT2D eigenvalue weighted by molar-refractivity contribution is -0.153. The van der Waals surface area contributed by atoms with Crippen LogP contribution >= 0.6 is 0 Å². The molecule has 0 radical (unpaired) electrons. The summed E-state index contributed by atoms with van der Waals surface area (Å²) in [6.45, 7) is 4.57. The summed E-state index contributed by atoms with van der Waals surface area (Å²) < 4.78 is 106. The minimum absolute atomic E-state index is 0.00648. The fourth-order valence-electron chi connectivity index (χ4n) is 4.26. The van der Waals surface area contributed by atoms with E-state index in [1.54, 1.807) is 39.0 Å². The van der Waals surface area contributed by atoms with Gasteiger partial charge in [0, 0.05) is 0 Å². The van der Waals surface area contributed by atoms with Crippen molar-refractivity contribution in [2.75, 3.05) is 16.6 Å². The zero-order valence-corrected chi connectivity index (χ0v) is 24.0. The third kappa shape index (κ3) is 7.20. The van der Waals surface area contributed by atoms with E-state index in [0.29, 0.717) is 11.6 Å². The molecule has 1 aliphatic heterocycles. The van der Waals surface area contributed by atoms with E-state index in [1.807, 2.05) is 0 Å². The van der Waals surface area contributed by atoms with Crippen LogP contribution < -0.4 is 9.04 Å². The Kier molecular flexibility index (Phi) is 8.16. The Morgan fingerprint density at radius 2 is 1.59 bits per heavy atom. The van der Waals surface area contributed by atoms with Gasteiger partial charge in [-0.25, -0.2) is 16.8 Å². The molecular weight excluding hydrogens is 583 g/mol. The summed E-state index contributed by atoms with van der Waals surface area (Å²) in [6.07, 6.45) is -6.19. The van der Waals surface area contributed by atoms with Crippen molar-refractivity contribution in [2.45, 2.75) is 54.9 Å². The molecule has 0 N–H and O–H groups in total. The van der Waals surface area contributed by atoms with Crippen molar-refractivity contribution in [3.8, 4) is 5.75 Å². The molecule has 1 heterocycles. The van der Waals surface area contributed by atoms with E-state index in [9.17, 15) is 34.8 Å². The second-order valence-electron chi connectivity index (χ2n) is 10.5. The van der Waals surface area contributed by atoms with E-state index in [2.05, 4.69) is 0 Å². The lowest BCUT2D eigenvalue weighted by Crippen LogP contribution is -2.46. The third-order valence-corrected chi connectivity index (χ3v) is 9.56. The average Bonchev–Trinajstić information content (AvgIpc) is 2.87. The average molecular weight is 612 g/mol. The summed E-state index contributed by atoms with van der Waals surface area (Å²) in [7, 11) is -8.56. The van der Waals surface area contributed by atoms with Crippen molar-refractivity contribution >= 4 is 31.5 Å². The molecule has 0 aliphatic carbocycles. The van der Waals surface area contributed by atoms with Crippen molar-refractivity contribution in [3.63, 3.8) is 0 Å². The maximum absolute atomic E-state index is 13.8. The minimum Gasteiger partial charge on any atom is -0.485 e. The number of sulfone groups is 1. The van der Waals surface area contributed by atoms with E-state index in [0.717, 1.165) is 22.5 Å². The SMILES string of the molecule is CC(C)(C)OC(=O)Cc1ccc2c(c1)N(S(=O)(=O)c1cccc(C(F)(F)F)c1)C[C@H](CS(=O)(=O)c1ccccc1)O2. The largest absolute Gasteiger partial charge is 0.485 e. The predicted octanol–water partition coefficient (Wildman–Crippen LogP) is 5.02. The quantitative estimate of drug-likeness (QED) is 0.346. The van der Waals surface area contributed by atoms with Gasteiger partial charge in [-0.1, -0.05) is 30.3 Å². The zero-order valence-electron chi connectivity index (χ0n) is 22.4. The molecule has 0 fully saturated rings. The van der Waals surface area contributed by atoms with Crippen LogP contribution in [-0.4, -0.2) is 46.8 Å². The third-order valence-electron chi connectivity index (χ3n) is 5.98. The number of ether oxygens (including phenoxy) is 2. The van der Waals surface area contributed by atoms with Gasteiger partial charge in [0.1, 0.15) is 17.5 Å². The number of carbonyl (C=O) groups excluding carboxylic acids is 1. The van der Waals surface area contributed by atoms with Crippen LogP contribution in [0.1, 0.15) is 31.9 Å². The van der Waals surface area contributed by atoms with Crippen LogP contribution in [0.15, 0.2) is 82.6 Å². The van der Waals surface area contributed by atoms with E-state index < -0.39 is 66.5 Å². The van der Waals surface area contributed by atoms with Gasteiger partial charge in [-0.3, -0.25) is 9.10 Å². The summed E-state index contributed by atoms with van der Waals surface area (Å²) in [6, 6.07) is 15.1. The van der Waals surface area contributed by atoms with Crippen LogP contribution in [0, 0.1) is 0 Å². The number of halogens is 3. The first-order valence-electron chi connectivity index (χ1n) is 12.4. The van der Waals surface area contributed by atoms with E-state index >= 15 is 0 Å².